The lowest BCUT2D eigenvalue weighted by Crippen LogP contribution is -2.51. The lowest BCUT2D eigenvalue weighted by atomic mass is 10.0. The maximum absolute atomic E-state index is 12.6. The van der Waals surface area contributed by atoms with Gasteiger partial charge in [0.1, 0.15) is 5.75 Å². The molecular weight excluding hydrogens is 392 g/mol. The van der Waals surface area contributed by atoms with E-state index in [0.717, 1.165) is 10.8 Å². The molecule has 0 spiro atoms. The van der Waals surface area contributed by atoms with Gasteiger partial charge in [0.2, 0.25) is 5.91 Å². The van der Waals surface area contributed by atoms with Crippen LogP contribution in [0.3, 0.4) is 0 Å². The molecule has 1 fully saturated rings. The quantitative estimate of drug-likeness (QED) is 0.618. The molecule has 0 radical (unpaired) electrons. The Morgan fingerprint density at radius 3 is 2.35 bits per heavy atom. The maximum Gasteiger partial charge on any atom is 0.260 e. The second kappa shape index (κ2) is 9.17. The van der Waals surface area contributed by atoms with Gasteiger partial charge in [-0.25, -0.2) is 0 Å². The van der Waals surface area contributed by atoms with Gasteiger partial charge in [0.25, 0.3) is 5.91 Å². The number of hydrogen-bond acceptors (Lipinski definition) is 5. The van der Waals surface area contributed by atoms with Gasteiger partial charge >= 0.3 is 0 Å². The van der Waals surface area contributed by atoms with E-state index in [0.29, 0.717) is 57.6 Å². The molecule has 0 unspecified atom stereocenters. The molecule has 2 aliphatic rings. The van der Waals surface area contributed by atoms with Crippen molar-refractivity contribution in [2.45, 2.75) is 31.3 Å². The predicted octanol–water partition coefficient (Wildman–Crippen LogP) is 3.25. The van der Waals surface area contributed by atoms with Crippen molar-refractivity contribution in [3.63, 3.8) is 0 Å². The zero-order valence-corrected chi connectivity index (χ0v) is 17.5. The molecule has 2 aromatic rings. The summed E-state index contributed by atoms with van der Waals surface area (Å²) in [6.45, 7) is 2.08. The van der Waals surface area contributed by atoms with Crippen molar-refractivity contribution in [1.82, 2.24) is 9.80 Å². The van der Waals surface area contributed by atoms with E-state index in [1.165, 1.54) is 0 Å². The monoisotopic (exact) mass is 418 g/mol. The summed E-state index contributed by atoms with van der Waals surface area (Å²) in [6, 6.07) is 13.7. The molecule has 0 atom stereocenters. The average molecular weight is 418 g/mol. The van der Waals surface area contributed by atoms with E-state index in [1.54, 1.807) is 4.90 Å². The number of ether oxygens (including phenoxy) is 1. The number of nitrogens with zero attached hydrogens (tertiary/aromatic N) is 4. The van der Waals surface area contributed by atoms with Gasteiger partial charge in [-0.15, -0.1) is 12.3 Å². The van der Waals surface area contributed by atoms with Gasteiger partial charge in [0.05, 0.1) is 0 Å². The molecule has 2 heterocycles. The van der Waals surface area contributed by atoms with E-state index >= 15 is 0 Å². The minimum absolute atomic E-state index is 0.0112. The van der Waals surface area contributed by atoms with Crippen LogP contribution in [0.4, 0.5) is 0 Å². The number of amides is 2. The summed E-state index contributed by atoms with van der Waals surface area (Å²) in [5, 5.41) is 10.2. The highest BCUT2D eigenvalue weighted by molar-refractivity contribution is 5.88. The van der Waals surface area contributed by atoms with Crippen LogP contribution in [0, 0.1) is 12.3 Å². The van der Waals surface area contributed by atoms with Crippen LogP contribution in [0.1, 0.15) is 25.7 Å². The first-order chi connectivity index (χ1) is 15.1. The third kappa shape index (κ3) is 5.02. The Morgan fingerprint density at radius 1 is 0.968 bits per heavy atom. The minimum Gasteiger partial charge on any atom is -0.483 e. The zero-order valence-electron chi connectivity index (χ0n) is 17.5. The number of piperazine rings is 1. The molecule has 0 saturated carbocycles. The Hall–Kier alpha value is -3.40. The summed E-state index contributed by atoms with van der Waals surface area (Å²) in [4.78, 5) is 28.7. The van der Waals surface area contributed by atoms with Crippen molar-refractivity contribution in [1.29, 1.82) is 0 Å². The van der Waals surface area contributed by atoms with Crippen LogP contribution >= 0.6 is 0 Å². The number of fused-ring (bicyclic) bond motifs is 1. The molecule has 2 aliphatic heterocycles. The van der Waals surface area contributed by atoms with Gasteiger partial charge in [-0.3, -0.25) is 9.59 Å². The van der Waals surface area contributed by atoms with E-state index in [2.05, 4.69) is 16.1 Å². The first-order valence-corrected chi connectivity index (χ1v) is 10.6. The normalized spacial score (nSPS) is 16.7. The third-order valence-corrected chi connectivity index (χ3v) is 5.88. The fourth-order valence-electron chi connectivity index (χ4n) is 3.89. The Kier molecular flexibility index (Phi) is 6.17. The molecule has 7 heteroatoms. The molecule has 4 rings (SSSR count). The third-order valence-electron chi connectivity index (χ3n) is 5.88. The minimum atomic E-state index is -0.432. The van der Waals surface area contributed by atoms with Crippen LogP contribution < -0.4 is 4.74 Å². The Morgan fingerprint density at radius 2 is 1.65 bits per heavy atom. The van der Waals surface area contributed by atoms with Crippen LogP contribution in [-0.4, -0.2) is 60.1 Å². The summed E-state index contributed by atoms with van der Waals surface area (Å²) < 4.78 is 5.82. The summed E-state index contributed by atoms with van der Waals surface area (Å²) in [7, 11) is 0. The fourth-order valence-corrected chi connectivity index (χ4v) is 3.89. The van der Waals surface area contributed by atoms with E-state index in [-0.39, 0.29) is 18.4 Å². The smallest absolute Gasteiger partial charge is 0.260 e. The molecule has 0 aromatic heterocycles. The van der Waals surface area contributed by atoms with E-state index in [4.69, 9.17) is 11.2 Å². The molecule has 0 bridgehead atoms. The summed E-state index contributed by atoms with van der Waals surface area (Å²) >= 11 is 0. The van der Waals surface area contributed by atoms with Crippen molar-refractivity contribution in [2.24, 2.45) is 10.2 Å². The van der Waals surface area contributed by atoms with Gasteiger partial charge in [-0.05, 0) is 11.5 Å². The molecule has 31 heavy (non-hydrogen) atoms. The highest BCUT2D eigenvalue weighted by atomic mass is 16.5. The number of rotatable bonds is 8. The molecule has 2 amide bonds. The topological polar surface area (TPSA) is 74.6 Å². The van der Waals surface area contributed by atoms with Crippen molar-refractivity contribution in [3.8, 4) is 18.1 Å². The van der Waals surface area contributed by atoms with Crippen LogP contribution in [-0.2, 0) is 9.59 Å². The van der Waals surface area contributed by atoms with Crippen LogP contribution in [0.25, 0.3) is 10.8 Å². The molecule has 0 N–H and O–H groups in total. The Labute approximate surface area is 182 Å². The lowest BCUT2D eigenvalue weighted by Gasteiger charge is -2.35. The number of hydrogen-bond donors (Lipinski definition) is 0. The molecule has 1 saturated heterocycles. The molecule has 7 nitrogen and oxygen atoms in total. The first-order valence-electron chi connectivity index (χ1n) is 10.6. The van der Waals surface area contributed by atoms with Crippen molar-refractivity contribution >= 4 is 22.6 Å². The molecular formula is C24H26N4O3. The molecule has 2 aromatic carbocycles. The summed E-state index contributed by atoms with van der Waals surface area (Å²) in [5.74, 6) is 3.31. The van der Waals surface area contributed by atoms with Crippen LogP contribution in [0.5, 0.6) is 5.75 Å². The highest BCUT2D eigenvalue weighted by Crippen LogP contribution is 2.37. The number of benzene rings is 2. The van der Waals surface area contributed by atoms with Crippen LogP contribution in [0.2, 0.25) is 0 Å². The predicted molar refractivity (Wildman–Crippen MR) is 117 cm³/mol. The van der Waals surface area contributed by atoms with Gasteiger partial charge in [-0.1, -0.05) is 36.4 Å². The average Bonchev–Trinajstić information content (AvgIpc) is 3.60. The van der Waals surface area contributed by atoms with Crippen molar-refractivity contribution in [3.05, 3.63) is 42.5 Å². The van der Waals surface area contributed by atoms with Crippen molar-refractivity contribution < 1.29 is 14.3 Å². The van der Waals surface area contributed by atoms with Crippen molar-refractivity contribution in [2.75, 3.05) is 32.8 Å². The van der Waals surface area contributed by atoms with Gasteiger partial charge in [0, 0.05) is 57.2 Å². The number of terminal acetylenes is 1. The maximum atomic E-state index is 12.6. The number of carbonyl (C=O) groups excluding carboxylic acids is 2. The Bertz CT molecular complexity index is 1020. The van der Waals surface area contributed by atoms with E-state index in [1.807, 2.05) is 47.4 Å². The Balaban J connectivity index is 1.22. The summed E-state index contributed by atoms with van der Waals surface area (Å²) in [6.07, 6.45) is 7.62. The lowest BCUT2D eigenvalue weighted by molar-refractivity contribution is -0.140. The van der Waals surface area contributed by atoms with Gasteiger partial charge in [0.15, 0.2) is 12.3 Å². The molecule has 0 aliphatic carbocycles. The van der Waals surface area contributed by atoms with Gasteiger partial charge < -0.3 is 14.5 Å². The second-order valence-electron chi connectivity index (χ2n) is 7.91. The standard InChI is InChI=1S/C24H26N4O3/c1-2-3-12-24(25-26-24)13-11-22(29)27-14-16-28(17-15-27)23(30)18-31-21-10-6-8-19-7-4-5-9-20(19)21/h1,4-10H,3,11-18H2. The van der Waals surface area contributed by atoms with E-state index in [9.17, 15) is 9.59 Å². The first kappa shape index (κ1) is 20.9. The fraction of sp³-hybridized carbons (Fsp3) is 0.417. The largest absolute Gasteiger partial charge is 0.483 e. The van der Waals surface area contributed by atoms with Crippen LogP contribution in [0.15, 0.2) is 52.7 Å². The zero-order chi connectivity index (χ0) is 21.7. The summed E-state index contributed by atoms with van der Waals surface area (Å²) in [5.41, 5.74) is -0.432. The van der Waals surface area contributed by atoms with E-state index < -0.39 is 5.66 Å². The van der Waals surface area contributed by atoms with Gasteiger partial charge in [-0.2, -0.15) is 10.2 Å². The SMILES string of the molecule is C#CCCC1(CCC(=O)N2CCN(C(=O)COc3cccc4ccccc34)CC2)N=N1. The molecule has 160 valence electrons. The second-order valence-corrected chi connectivity index (χ2v) is 7.91. The highest BCUT2D eigenvalue weighted by Gasteiger charge is 2.39. The number of carbonyl (C=O) groups is 2.